The van der Waals surface area contributed by atoms with Gasteiger partial charge in [0.05, 0.1) is 35.8 Å². The normalized spacial score (nSPS) is 14.3. The molecule has 1 atom stereocenters. The minimum Gasteiger partial charge on any atom is -0.378 e. The Hall–Kier alpha value is -5.73. The lowest BCUT2D eigenvalue weighted by molar-refractivity contribution is 0.0930. The van der Waals surface area contributed by atoms with Crippen LogP contribution in [0, 0.1) is 0 Å². The van der Waals surface area contributed by atoms with E-state index in [-0.39, 0.29) is 17.8 Å². The lowest BCUT2D eigenvalue weighted by atomic mass is 9.77. The maximum atomic E-state index is 13.5. The minimum atomic E-state index is -0.772. The molecule has 2 N–H and O–H groups in total. The molecule has 0 spiro atoms. The molecule has 0 aliphatic carbocycles. The third-order valence-corrected chi connectivity index (χ3v) is 9.35. The fourth-order valence-corrected chi connectivity index (χ4v) is 7.00. The fourth-order valence-electron chi connectivity index (χ4n) is 7.00. The van der Waals surface area contributed by atoms with Crippen LogP contribution in [0.2, 0.25) is 0 Å². The lowest BCUT2D eigenvalue weighted by Crippen LogP contribution is -2.40. The summed E-state index contributed by atoms with van der Waals surface area (Å²) in [6, 6.07) is 45.7. The molecule has 7 aromatic rings. The quantitative estimate of drug-likeness (QED) is 0.175. The molecule has 2 aromatic heterocycles. The fraction of sp³-hybridized carbons (Fsp3) is 0.175. The van der Waals surface area contributed by atoms with Gasteiger partial charge in [-0.05, 0) is 41.3 Å². The van der Waals surface area contributed by atoms with E-state index in [4.69, 9.17) is 14.7 Å². The van der Waals surface area contributed by atoms with Crippen molar-refractivity contribution >= 4 is 33.7 Å². The van der Waals surface area contributed by atoms with Crippen LogP contribution >= 0.6 is 0 Å². The predicted molar refractivity (Wildman–Crippen MR) is 189 cm³/mol. The number of benzene rings is 5. The van der Waals surface area contributed by atoms with Gasteiger partial charge in [0.1, 0.15) is 11.4 Å². The van der Waals surface area contributed by atoms with Gasteiger partial charge < -0.3 is 15.0 Å². The summed E-state index contributed by atoms with van der Waals surface area (Å²) in [6.45, 7) is 4.75. The van der Waals surface area contributed by atoms with Crippen LogP contribution in [0.15, 0.2) is 133 Å². The number of H-pyrrole nitrogens is 1. The molecule has 238 valence electrons. The highest BCUT2D eigenvalue weighted by atomic mass is 16.5. The van der Waals surface area contributed by atoms with Crippen molar-refractivity contribution in [2.45, 2.75) is 18.5 Å². The van der Waals surface area contributed by atoms with Gasteiger partial charge in [-0.3, -0.25) is 14.6 Å². The van der Waals surface area contributed by atoms with Gasteiger partial charge in [-0.1, -0.05) is 121 Å². The third-order valence-electron chi connectivity index (χ3n) is 9.35. The van der Waals surface area contributed by atoms with Gasteiger partial charge in [0.25, 0.3) is 5.91 Å². The highest BCUT2D eigenvalue weighted by Gasteiger charge is 2.41. The monoisotopic (exact) mass is 632 g/mol. The van der Waals surface area contributed by atoms with Crippen LogP contribution in [0.25, 0.3) is 21.9 Å². The molecule has 1 saturated heterocycles. The van der Waals surface area contributed by atoms with Gasteiger partial charge >= 0.3 is 0 Å². The summed E-state index contributed by atoms with van der Waals surface area (Å²) >= 11 is 0. The third kappa shape index (κ3) is 5.11. The number of hydrogen-bond donors (Lipinski definition) is 2. The summed E-state index contributed by atoms with van der Waals surface area (Å²) in [6.07, 6.45) is 0. The van der Waals surface area contributed by atoms with E-state index in [9.17, 15) is 4.79 Å². The van der Waals surface area contributed by atoms with E-state index in [0.717, 1.165) is 52.1 Å². The maximum absolute atomic E-state index is 13.5. The smallest absolute Gasteiger partial charge is 0.289 e. The van der Waals surface area contributed by atoms with Crippen molar-refractivity contribution in [2.24, 2.45) is 0 Å². The largest absolute Gasteiger partial charge is 0.378 e. The number of amides is 1. The van der Waals surface area contributed by atoms with Crippen LogP contribution in [-0.2, 0) is 10.3 Å². The Bertz CT molecular complexity index is 2080. The van der Waals surface area contributed by atoms with Crippen molar-refractivity contribution in [2.75, 3.05) is 31.2 Å². The van der Waals surface area contributed by atoms with Gasteiger partial charge in [0.15, 0.2) is 0 Å². The van der Waals surface area contributed by atoms with Crippen LogP contribution in [0.4, 0.5) is 5.82 Å². The average molecular weight is 633 g/mol. The minimum absolute atomic E-state index is 0.157. The first-order chi connectivity index (χ1) is 23.6. The van der Waals surface area contributed by atoms with Crippen LogP contribution in [0.1, 0.15) is 45.8 Å². The second-order valence-electron chi connectivity index (χ2n) is 12.2. The zero-order valence-electron chi connectivity index (χ0n) is 26.7. The summed E-state index contributed by atoms with van der Waals surface area (Å²) in [7, 11) is 0. The van der Waals surface area contributed by atoms with E-state index in [2.05, 4.69) is 123 Å². The Labute approximate surface area is 279 Å². The van der Waals surface area contributed by atoms with E-state index in [1.54, 1.807) is 0 Å². The van der Waals surface area contributed by atoms with Crippen molar-refractivity contribution in [1.82, 2.24) is 25.1 Å². The molecule has 48 heavy (non-hydrogen) atoms. The second-order valence-corrected chi connectivity index (χ2v) is 12.2. The molecule has 1 aliphatic rings. The summed E-state index contributed by atoms with van der Waals surface area (Å²) in [5, 5.41) is 7.97. The molecule has 5 aromatic carbocycles. The number of morpholine rings is 1. The Morgan fingerprint density at radius 3 is 1.79 bits per heavy atom. The van der Waals surface area contributed by atoms with Crippen LogP contribution < -0.4 is 10.2 Å². The van der Waals surface area contributed by atoms with Gasteiger partial charge in [-0.25, -0.2) is 9.97 Å². The molecule has 8 nitrogen and oxygen atoms in total. The number of aromatic nitrogens is 4. The Morgan fingerprint density at radius 2 is 1.25 bits per heavy atom. The number of aromatic amines is 1. The predicted octanol–water partition coefficient (Wildman–Crippen LogP) is 7.08. The molecule has 1 amide bonds. The molecule has 8 heteroatoms. The van der Waals surface area contributed by atoms with E-state index >= 15 is 0 Å². The summed E-state index contributed by atoms with van der Waals surface area (Å²) in [4.78, 5) is 25.3. The number of hydrogen-bond acceptors (Lipinski definition) is 5. The molecule has 0 bridgehead atoms. The Balaban J connectivity index is 1.36. The average Bonchev–Trinajstić information content (AvgIpc) is 3.75. The topological polar surface area (TPSA) is 88.1 Å². The van der Waals surface area contributed by atoms with E-state index < -0.39 is 5.54 Å². The number of carbonyl (C=O) groups is 1. The summed E-state index contributed by atoms with van der Waals surface area (Å²) in [5.74, 6) is 0.834. The van der Waals surface area contributed by atoms with Crippen molar-refractivity contribution < 1.29 is 9.53 Å². The maximum Gasteiger partial charge on any atom is 0.289 e. The van der Waals surface area contributed by atoms with Gasteiger partial charge in [-0.2, -0.15) is 0 Å². The molecule has 1 fully saturated rings. The standard InChI is InChI=1S/C40H36N6O2/c1-28(29-14-6-2-7-15-29)41-39(47)37-42-34-26-33-36(27-35(34)43-37)46(44-38(33)45-22-24-48-25-23-45)40(30-16-8-3-9-17-30,31-18-10-4-11-19-31)32-20-12-5-13-21-32/h2-21,26-28,44H,22-25H2,1H3,(H,41,47). The van der Waals surface area contributed by atoms with Crippen LogP contribution in [0.5, 0.6) is 0 Å². The molecule has 1 unspecified atom stereocenters. The van der Waals surface area contributed by atoms with Crippen LogP contribution in [0.3, 0.4) is 0 Å². The van der Waals surface area contributed by atoms with Crippen LogP contribution in [-0.4, -0.2) is 52.0 Å². The lowest BCUT2D eigenvalue weighted by Gasteiger charge is -2.38. The number of nitrogens with one attached hydrogen (secondary N) is 2. The SMILES string of the molecule is CC(NC(=O)c1nc2cc3c(N4CCOCC4)[nH]n(C(c4ccccc4)(c4ccccc4)c4ccccc4)c3cc2n1)c1ccccc1. The number of imidazole rings is 1. The molecule has 1 aliphatic heterocycles. The zero-order chi connectivity index (χ0) is 32.5. The van der Waals surface area contributed by atoms with Gasteiger partial charge in [0, 0.05) is 18.5 Å². The molecule has 0 saturated carbocycles. The number of fused-ring (bicyclic) bond motifs is 2. The first-order valence-corrected chi connectivity index (χ1v) is 16.4. The number of rotatable bonds is 8. The van der Waals surface area contributed by atoms with Crippen molar-refractivity contribution in [1.29, 1.82) is 0 Å². The zero-order valence-corrected chi connectivity index (χ0v) is 26.7. The van der Waals surface area contributed by atoms with Crippen molar-refractivity contribution in [3.63, 3.8) is 0 Å². The summed E-state index contributed by atoms with van der Waals surface area (Å²) in [5.41, 5.74) is 5.84. The molecular weight excluding hydrogens is 596 g/mol. The van der Waals surface area contributed by atoms with Crippen molar-refractivity contribution in [3.8, 4) is 0 Å². The first kappa shape index (κ1) is 29.7. The van der Waals surface area contributed by atoms with Gasteiger partial charge in [-0.15, -0.1) is 0 Å². The summed E-state index contributed by atoms with van der Waals surface area (Å²) < 4.78 is 8.03. The molecule has 8 rings (SSSR count). The molecular formula is C40H36N6O2. The number of nitrogens with zero attached hydrogens (tertiary/aromatic N) is 4. The highest BCUT2D eigenvalue weighted by molar-refractivity contribution is 6.02. The molecule has 3 heterocycles. The highest BCUT2D eigenvalue weighted by Crippen LogP contribution is 2.44. The number of carbonyl (C=O) groups excluding carboxylic acids is 1. The number of ether oxygens (including phenoxy) is 1. The van der Waals surface area contributed by atoms with E-state index in [1.807, 2.05) is 37.3 Å². The van der Waals surface area contributed by atoms with Crippen molar-refractivity contribution in [3.05, 3.63) is 162 Å². The second kappa shape index (κ2) is 12.5. The molecule has 0 radical (unpaired) electrons. The van der Waals surface area contributed by atoms with Gasteiger partial charge in [0.2, 0.25) is 5.82 Å². The van der Waals surface area contributed by atoms with E-state index in [1.165, 1.54) is 0 Å². The van der Waals surface area contributed by atoms with E-state index in [0.29, 0.717) is 24.2 Å². The number of anilines is 1. The Kier molecular flexibility index (Phi) is 7.70. The Morgan fingerprint density at radius 1 is 0.750 bits per heavy atom. The first-order valence-electron chi connectivity index (χ1n) is 16.4.